The number of benzene rings is 1. The van der Waals surface area contributed by atoms with Crippen LogP contribution in [0.5, 0.6) is 11.5 Å². The number of carbonyl (C=O) groups is 1. The fourth-order valence-electron chi connectivity index (χ4n) is 1.82. The van der Waals surface area contributed by atoms with Crippen molar-refractivity contribution in [2.45, 2.75) is 52.9 Å². The molecule has 0 saturated heterocycles. The van der Waals surface area contributed by atoms with E-state index < -0.39 is 0 Å². The number of carbonyl (C=O) groups excluding carboxylic acids is 1. The number of rotatable bonds is 10. The smallest absolute Gasteiger partial charge is 0.163 e. The van der Waals surface area contributed by atoms with Gasteiger partial charge in [0.05, 0.1) is 13.2 Å². The number of ketones is 1. The van der Waals surface area contributed by atoms with Crippen LogP contribution in [0, 0.1) is 0 Å². The molecule has 0 amide bonds. The van der Waals surface area contributed by atoms with Gasteiger partial charge in [-0.05, 0) is 37.5 Å². The molecule has 0 heterocycles. The molecule has 0 aliphatic heterocycles. The first-order chi connectivity index (χ1) is 9.72. The van der Waals surface area contributed by atoms with Crippen LogP contribution >= 0.6 is 0 Å². The zero-order valence-corrected chi connectivity index (χ0v) is 12.9. The van der Waals surface area contributed by atoms with Crippen molar-refractivity contribution >= 4 is 5.78 Å². The van der Waals surface area contributed by atoms with Crippen molar-refractivity contribution in [3.63, 3.8) is 0 Å². The summed E-state index contributed by atoms with van der Waals surface area (Å²) in [4.78, 5) is 12.1. The summed E-state index contributed by atoms with van der Waals surface area (Å²) in [6.07, 6.45) is 4.44. The third-order valence-electron chi connectivity index (χ3n) is 2.95. The predicted molar refractivity (Wildman–Crippen MR) is 81.9 cm³/mol. The van der Waals surface area contributed by atoms with Gasteiger partial charge in [-0.25, -0.2) is 0 Å². The average Bonchev–Trinajstić information content (AvgIpc) is 2.48. The third-order valence-corrected chi connectivity index (χ3v) is 2.95. The summed E-state index contributed by atoms with van der Waals surface area (Å²) in [6.45, 7) is 7.50. The van der Waals surface area contributed by atoms with E-state index in [1.807, 2.05) is 18.2 Å². The zero-order chi connectivity index (χ0) is 14.8. The Morgan fingerprint density at radius 1 is 0.950 bits per heavy atom. The molecule has 0 spiro atoms. The van der Waals surface area contributed by atoms with E-state index in [-0.39, 0.29) is 5.78 Å². The van der Waals surface area contributed by atoms with Crippen molar-refractivity contribution in [1.82, 2.24) is 0 Å². The van der Waals surface area contributed by atoms with E-state index in [1.165, 1.54) is 0 Å². The van der Waals surface area contributed by atoms with Crippen molar-refractivity contribution < 1.29 is 14.3 Å². The molecule has 112 valence electrons. The van der Waals surface area contributed by atoms with E-state index in [1.54, 1.807) is 0 Å². The highest BCUT2D eigenvalue weighted by molar-refractivity contribution is 5.96. The highest BCUT2D eigenvalue weighted by Crippen LogP contribution is 2.29. The topological polar surface area (TPSA) is 35.5 Å². The largest absolute Gasteiger partial charge is 0.490 e. The Labute approximate surface area is 122 Å². The van der Waals surface area contributed by atoms with Gasteiger partial charge in [0.2, 0.25) is 0 Å². The third kappa shape index (κ3) is 5.24. The Bertz CT molecular complexity index is 413. The minimum Gasteiger partial charge on any atom is -0.490 e. The molecule has 0 unspecified atom stereocenters. The Balaban J connectivity index is 2.85. The number of hydrogen-bond donors (Lipinski definition) is 0. The monoisotopic (exact) mass is 278 g/mol. The molecule has 0 radical (unpaired) electrons. The van der Waals surface area contributed by atoms with Crippen LogP contribution in [0.25, 0.3) is 0 Å². The van der Waals surface area contributed by atoms with Crippen LogP contribution < -0.4 is 9.47 Å². The van der Waals surface area contributed by atoms with E-state index >= 15 is 0 Å². The molecule has 3 heteroatoms. The van der Waals surface area contributed by atoms with Crippen molar-refractivity contribution in [3.05, 3.63) is 23.8 Å². The van der Waals surface area contributed by atoms with Gasteiger partial charge in [-0.1, -0.05) is 27.2 Å². The summed E-state index contributed by atoms with van der Waals surface area (Å²) in [5.41, 5.74) is 0.716. The Morgan fingerprint density at radius 3 is 2.20 bits per heavy atom. The maximum absolute atomic E-state index is 12.1. The van der Waals surface area contributed by atoms with Gasteiger partial charge in [0.25, 0.3) is 0 Å². The molecule has 0 N–H and O–H groups in total. The van der Waals surface area contributed by atoms with Crippen molar-refractivity contribution in [2.24, 2.45) is 0 Å². The molecule has 0 atom stereocenters. The van der Waals surface area contributed by atoms with Crippen LogP contribution in [0.15, 0.2) is 18.2 Å². The van der Waals surface area contributed by atoms with Gasteiger partial charge in [0.1, 0.15) is 0 Å². The Kier molecular flexibility index (Phi) is 7.78. The summed E-state index contributed by atoms with van der Waals surface area (Å²) < 4.78 is 11.4. The first kappa shape index (κ1) is 16.5. The van der Waals surface area contributed by atoms with Gasteiger partial charge in [-0.15, -0.1) is 0 Å². The fraction of sp³-hybridized carbons (Fsp3) is 0.588. The van der Waals surface area contributed by atoms with Gasteiger partial charge < -0.3 is 9.47 Å². The summed E-state index contributed by atoms with van der Waals surface area (Å²) in [6, 6.07) is 5.50. The van der Waals surface area contributed by atoms with E-state index in [0.717, 1.165) is 31.4 Å². The van der Waals surface area contributed by atoms with Gasteiger partial charge in [0, 0.05) is 12.0 Å². The van der Waals surface area contributed by atoms with Gasteiger partial charge in [-0.2, -0.15) is 0 Å². The highest BCUT2D eigenvalue weighted by Gasteiger charge is 2.11. The van der Waals surface area contributed by atoms with E-state index in [0.29, 0.717) is 30.9 Å². The molecule has 0 aliphatic rings. The summed E-state index contributed by atoms with van der Waals surface area (Å²) in [7, 11) is 0. The number of unbranched alkanes of at least 4 members (excludes halogenated alkanes) is 1. The summed E-state index contributed by atoms with van der Waals surface area (Å²) >= 11 is 0. The first-order valence-electron chi connectivity index (χ1n) is 7.65. The van der Waals surface area contributed by atoms with Crippen LogP contribution in [0.3, 0.4) is 0 Å². The minimum absolute atomic E-state index is 0.176. The fourth-order valence-corrected chi connectivity index (χ4v) is 1.82. The summed E-state index contributed by atoms with van der Waals surface area (Å²) in [5.74, 6) is 1.59. The molecule has 0 saturated carbocycles. The van der Waals surface area contributed by atoms with Crippen LogP contribution in [-0.4, -0.2) is 19.0 Å². The lowest BCUT2D eigenvalue weighted by Crippen LogP contribution is -2.04. The maximum atomic E-state index is 12.1. The molecular weight excluding hydrogens is 252 g/mol. The van der Waals surface area contributed by atoms with E-state index in [2.05, 4.69) is 20.8 Å². The molecule has 20 heavy (non-hydrogen) atoms. The second-order valence-electron chi connectivity index (χ2n) is 4.89. The lowest BCUT2D eigenvalue weighted by atomic mass is 10.1. The maximum Gasteiger partial charge on any atom is 0.163 e. The molecule has 1 rings (SSSR count). The Hall–Kier alpha value is -1.51. The predicted octanol–water partition coefficient (Wildman–Crippen LogP) is 4.64. The van der Waals surface area contributed by atoms with Crippen LogP contribution in [0.1, 0.15) is 63.2 Å². The molecule has 0 fully saturated rings. The van der Waals surface area contributed by atoms with Crippen LogP contribution in [0.2, 0.25) is 0 Å². The van der Waals surface area contributed by atoms with Crippen molar-refractivity contribution in [3.8, 4) is 11.5 Å². The average molecular weight is 278 g/mol. The lowest BCUT2D eigenvalue weighted by Gasteiger charge is -2.13. The highest BCUT2D eigenvalue weighted by atomic mass is 16.5. The summed E-state index contributed by atoms with van der Waals surface area (Å²) in [5, 5.41) is 0. The zero-order valence-electron chi connectivity index (χ0n) is 12.9. The number of ether oxygens (including phenoxy) is 2. The quantitative estimate of drug-likeness (QED) is 0.585. The van der Waals surface area contributed by atoms with Crippen LogP contribution in [-0.2, 0) is 0 Å². The molecular formula is C17H26O3. The molecule has 0 bridgehead atoms. The van der Waals surface area contributed by atoms with E-state index in [9.17, 15) is 4.79 Å². The number of hydrogen-bond acceptors (Lipinski definition) is 3. The molecule has 0 aliphatic carbocycles. The van der Waals surface area contributed by atoms with Gasteiger partial charge in [0.15, 0.2) is 17.3 Å². The molecule has 1 aromatic carbocycles. The first-order valence-corrected chi connectivity index (χ1v) is 7.65. The SMILES string of the molecule is CCCCC(=O)c1ccc(OCCC)c(OCCC)c1. The molecule has 0 aromatic heterocycles. The van der Waals surface area contributed by atoms with E-state index in [4.69, 9.17) is 9.47 Å². The van der Waals surface area contributed by atoms with Crippen molar-refractivity contribution in [2.75, 3.05) is 13.2 Å². The Morgan fingerprint density at radius 2 is 1.60 bits per heavy atom. The van der Waals surface area contributed by atoms with Gasteiger partial charge in [-0.3, -0.25) is 4.79 Å². The van der Waals surface area contributed by atoms with Crippen LogP contribution in [0.4, 0.5) is 0 Å². The minimum atomic E-state index is 0.176. The molecule has 1 aromatic rings. The second-order valence-corrected chi connectivity index (χ2v) is 4.89. The lowest BCUT2D eigenvalue weighted by molar-refractivity contribution is 0.0979. The standard InChI is InChI=1S/C17H26O3/c1-4-7-8-15(18)14-9-10-16(19-11-5-2)17(13-14)20-12-6-3/h9-10,13H,4-8,11-12H2,1-3H3. The van der Waals surface area contributed by atoms with Gasteiger partial charge >= 0.3 is 0 Å². The number of Topliss-reactive ketones (excluding diaryl/α,β-unsaturated/α-hetero) is 1. The second kappa shape index (κ2) is 9.40. The molecule has 3 nitrogen and oxygen atoms in total. The van der Waals surface area contributed by atoms with Crippen molar-refractivity contribution in [1.29, 1.82) is 0 Å². The normalized spacial score (nSPS) is 10.3.